The van der Waals surface area contributed by atoms with E-state index >= 15 is 0 Å². The van der Waals surface area contributed by atoms with Crippen molar-refractivity contribution < 1.29 is 4.74 Å². The van der Waals surface area contributed by atoms with E-state index in [1.807, 2.05) is 12.1 Å². The highest BCUT2D eigenvalue weighted by molar-refractivity contribution is 7.22. The van der Waals surface area contributed by atoms with Crippen LogP contribution in [0, 0.1) is 6.92 Å². The summed E-state index contributed by atoms with van der Waals surface area (Å²) in [5.74, 6) is 0. The van der Waals surface area contributed by atoms with Crippen molar-refractivity contribution in [3.63, 3.8) is 0 Å². The fraction of sp³-hybridized carbons (Fsp3) is 0.500. The average Bonchev–Trinajstić information content (AvgIpc) is 2.90. The third-order valence-electron chi connectivity index (χ3n) is 3.51. The van der Waals surface area contributed by atoms with Crippen LogP contribution in [0.4, 0.5) is 5.13 Å². The van der Waals surface area contributed by atoms with Crippen LogP contribution < -0.4 is 5.32 Å². The molecule has 2 heterocycles. The summed E-state index contributed by atoms with van der Waals surface area (Å²) in [6, 6.07) is 3.96. The lowest BCUT2D eigenvalue weighted by Gasteiger charge is -2.26. The quantitative estimate of drug-likeness (QED) is 0.942. The van der Waals surface area contributed by atoms with Crippen LogP contribution in [0.25, 0.3) is 10.2 Å². The summed E-state index contributed by atoms with van der Waals surface area (Å²) in [5, 5.41) is 5.13. The fourth-order valence-corrected chi connectivity index (χ4v) is 3.56. The molecule has 4 nitrogen and oxygen atoms in total. The predicted molar refractivity (Wildman–Crippen MR) is 85.1 cm³/mol. The van der Waals surface area contributed by atoms with E-state index in [0.29, 0.717) is 0 Å². The number of fused-ring (bicyclic) bond motifs is 1. The fourth-order valence-electron chi connectivity index (χ4n) is 2.32. The molecular weight excluding hydrogens is 294 g/mol. The number of aromatic nitrogens is 1. The largest absolute Gasteiger partial charge is 0.379 e. The molecule has 6 heteroatoms. The first kappa shape index (κ1) is 14.1. The van der Waals surface area contributed by atoms with E-state index in [4.69, 9.17) is 16.3 Å². The van der Waals surface area contributed by atoms with E-state index in [1.54, 1.807) is 11.3 Å². The van der Waals surface area contributed by atoms with E-state index in [2.05, 4.69) is 22.1 Å². The van der Waals surface area contributed by atoms with Crippen molar-refractivity contribution in [2.45, 2.75) is 6.92 Å². The first-order chi connectivity index (χ1) is 9.74. The highest BCUT2D eigenvalue weighted by atomic mass is 35.5. The maximum absolute atomic E-state index is 6.22. The molecule has 0 saturated carbocycles. The van der Waals surface area contributed by atoms with Gasteiger partial charge in [-0.15, -0.1) is 0 Å². The van der Waals surface area contributed by atoms with Crippen molar-refractivity contribution in [2.75, 3.05) is 44.7 Å². The summed E-state index contributed by atoms with van der Waals surface area (Å²) in [7, 11) is 0. The van der Waals surface area contributed by atoms with Gasteiger partial charge in [0, 0.05) is 26.2 Å². The number of aryl methyl sites for hydroxylation is 1. The van der Waals surface area contributed by atoms with Crippen LogP contribution in [0.3, 0.4) is 0 Å². The number of nitrogens with one attached hydrogen (secondary N) is 1. The van der Waals surface area contributed by atoms with E-state index in [-0.39, 0.29) is 0 Å². The molecule has 2 aromatic rings. The first-order valence-electron chi connectivity index (χ1n) is 6.83. The van der Waals surface area contributed by atoms with Crippen LogP contribution in [-0.4, -0.2) is 49.3 Å². The summed E-state index contributed by atoms with van der Waals surface area (Å²) < 4.78 is 6.41. The monoisotopic (exact) mass is 311 g/mol. The number of hydrogen-bond acceptors (Lipinski definition) is 5. The van der Waals surface area contributed by atoms with Gasteiger partial charge in [-0.2, -0.15) is 0 Å². The molecule has 0 unspecified atom stereocenters. The van der Waals surface area contributed by atoms with Gasteiger partial charge >= 0.3 is 0 Å². The van der Waals surface area contributed by atoms with Gasteiger partial charge in [0.1, 0.15) is 0 Å². The summed E-state index contributed by atoms with van der Waals surface area (Å²) in [4.78, 5) is 7.04. The van der Waals surface area contributed by atoms with Crippen molar-refractivity contribution in [1.82, 2.24) is 9.88 Å². The zero-order valence-corrected chi connectivity index (χ0v) is 13.1. The third-order valence-corrected chi connectivity index (χ3v) is 4.98. The molecule has 0 radical (unpaired) electrons. The van der Waals surface area contributed by atoms with Crippen LogP contribution in [0.1, 0.15) is 5.56 Å². The number of benzene rings is 1. The van der Waals surface area contributed by atoms with E-state index in [9.17, 15) is 0 Å². The van der Waals surface area contributed by atoms with Crippen molar-refractivity contribution in [2.24, 2.45) is 0 Å². The van der Waals surface area contributed by atoms with Gasteiger partial charge in [-0.25, -0.2) is 4.98 Å². The van der Waals surface area contributed by atoms with E-state index < -0.39 is 0 Å². The van der Waals surface area contributed by atoms with Gasteiger partial charge in [0.05, 0.1) is 28.5 Å². The number of anilines is 1. The minimum absolute atomic E-state index is 0.782. The van der Waals surface area contributed by atoms with Crippen LogP contribution in [-0.2, 0) is 4.74 Å². The topological polar surface area (TPSA) is 37.4 Å². The predicted octanol–water partition coefficient (Wildman–Crippen LogP) is 3.00. The molecule has 1 aromatic carbocycles. The van der Waals surface area contributed by atoms with E-state index in [0.717, 1.165) is 59.8 Å². The number of hydrogen-bond donors (Lipinski definition) is 1. The van der Waals surface area contributed by atoms with Crippen LogP contribution in [0.5, 0.6) is 0 Å². The number of nitrogens with zero attached hydrogens (tertiary/aromatic N) is 2. The Labute approximate surface area is 127 Å². The lowest BCUT2D eigenvalue weighted by atomic mass is 10.2. The molecule has 0 amide bonds. The Morgan fingerprint density at radius 2 is 2.20 bits per heavy atom. The maximum atomic E-state index is 6.22. The summed E-state index contributed by atoms with van der Waals surface area (Å²) in [6.45, 7) is 7.71. The molecular formula is C14H18ClN3OS. The second-order valence-corrected chi connectivity index (χ2v) is 6.35. The third kappa shape index (κ3) is 3.06. The number of halogens is 1. The molecule has 0 aliphatic carbocycles. The number of ether oxygens (including phenoxy) is 1. The van der Waals surface area contributed by atoms with Crippen molar-refractivity contribution in [3.05, 3.63) is 22.7 Å². The second-order valence-electron chi connectivity index (χ2n) is 4.94. The van der Waals surface area contributed by atoms with Crippen LogP contribution in [0.15, 0.2) is 12.1 Å². The Bertz CT molecular complexity index is 556. The standard InChI is InChI=1S/C14H18ClN3OS/c1-10-2-3-11(15)13-12(10)17-14(20-13)16-4-5-18-6-8-19-9-7-18/h2-3H,4-9H2,1H3,(H,16,17). The molecule has 0 spiro atoms. The number of rotatable bonds is 4. The van der Waals surface area contributed by atoms with Gasteiger partial charge in [-0.05, 0) is 18.6 Å². The van der Waals surface area contributed by atoms with Gasteiger partial charge < -0.3 is 10.1 Å². The highest BCUT2D eigenvalue weighted by Gasteiger charge is 2.11. The molecule has 3 rings (SSSR count). The smallest absolute Gasteiger partial charge is 0.183 e. The van der Waals surface area contributed by atoms with Crippen molar-refractivity contribution >= 4 is 38.3 Å². The molecule has 1 aliphatic rings. The molecule has 108 valence electrons. The lowest BCUT2D eigenvalue weighted by molar-refractivity contribution is 0.0398. The number of thiazole rings is 1. The SMILES string of the molecule is Cc1ccc(Cl)c2sc(NCCN3CCOCC3)nc12. The zero-order valence-electron chi connectivity index (χ0n) is 11.5. The summed E-state index contributed by atoms with van der Waals surface area (Å²) in [5.41, 5.74) is 2.18. The van der Waals surface area contributed by atoms with Gasteiger partial charge in [0.25, 0.3) is 0 Å². The van der Waals surface area contributed by atoms with Gasteiger partial charge in [-0.1, -0.05) is 29.0 Å². The highest BCUT2D eigenvalue weighted by Crippen LogP contribution is 2.33. The van der Waals surface area contributed by atoms with Gasteiger partial charge in [0.15, 0.2) is 5.13 Å². The zero-order chi connectivity index (χ0) is 13.9. The van der Waals surface area contributed by atoms with Crippen molar-refractivity contribution in [1.29, 1.82) is 0 Å². The van der Waals surface area contributed by atoms with Gasteiger partial charge in [0.2, 0.25) is 0 Å². The molecule has 1 saturated heterocycles. The Balaban J connectivity index is 1.63. The Morgan fingerprint density at radius 1 is 1.40 bits per heavy atom. The number of morpholine rings is 1. The normalized spacial score (nSPS) is 16.7. The average molecular weight is 312 g/mol. The Kier molecular flexibility index (Phi) is 4.41. The minimum atomic E-state index is 0.782. The molecule has 1 N–H and O–H groups in total. The molecule has 1 aromatic heterocycles. The lowest BCUT2D eigenvalue weighted by Crippen LogP contribution is -2.38. The Morgan fingerprint density at radius 3 is 2.95 bits per heavy atom. The summed E-state index contributed by atoms with van der Waals surface area (Å²) >= 11 is 7.85. The molecule has 0 atom stereocenters. The molecule has 1 aliphatic heterocycles. The molecule has 0 bridgehead atoms. The second kappa shape index (κ2) is 6.26. The Hall–Kier alpha value is -0.880. The van der Waals surface area contributed by atoms with Crippen LogP contribution in [0.2, 0.25) is 5.02 Å². The molecule has 1 fully saturated rings. The molecule has 20 heavy (non-hydrogen) atoms. The summed E-state index contributed by atoms with van der Waals surface area (Å²) in [6.07, 6.45) is 0. The van der Waals surface area contributed by atoms with Gasteiger partial charge in [-0.3, -0.25) is 4.90 Å². The maximum Gasteiger partial charge on any atom is 0.183 e. The van der Waals surface area contributed by atoms with E-state index in [1.165, 1.54) is 5.56 Å². The van der Waals surface area contributed by atoms with Crippen molar-refractivity contribution in [3.8, 4) is 0 Å². The first-order valence-corrected chi connectivity index (χ1v) is 8.03. The van der Waals surface area contributed by atoms with Crippen LogP contribution >= 0.6 is 22.9 Å². The minimum Gasteiger partial charge on any atom is -0.379 e.